The number of amides is 1. The van der Waals surface area contributed by atoms with Crippen molar-refractivity contribution in [2.75, 3.05) is 20.8 Å². The van der Waals surface area contributed by atoms with Crippen LogP contribution < -0.4 is 19.5 Å². The molecule has 2 aromatic carbocycles. The van der Waals surface area contributed by atoms with Gasteiger partial charge in [-0.25, -0.2) is 0 Å². The Kier molecular flexibility index (Phi) is 6.51. The molecule has 0 spiro atoms. The third-order valence-corrected chi connectivity index (χ3v) is 3.60. The van der Waals surface area contributed by atoms with Crippen LogP contribution in [0.1, 0.15) is 22.0 Å². The highest BCUT2D eigenvalue weighted by Gasteiger charge is 2.31. The predicted molar refractivity (Wildman–Crippen MR) is 90.0 cm³/mol. The van der Waals surface area contributed by atoms with E-state index in [2.05, 4.69) is 10.1 Å². The maximum absolute atomic E-state index is 12.1. The molecule has 2 rings (SSSR count). The molecule has 2 N–H and O–H groups in total. The van der Waals surface area contributed by atoms with Gasteiger partial charge in [-0.15, -0.1) is 13.2 Å². The summed E-state index contributed by atoms with van der Waals surface area (Å²) in [6.07, 6.45) is -5.81. The number of methoxy groups -OCH3 is 2. The zero-order valence-electron chi connectivity index (χ0n) is 14.5. The van der Waals surface area contributed by atoms with Gasteiger partial charge in [-0.1, -0.05) is 6.07 Å². The van der Waals surface area contributed by atoms with Crippen molar-refractivity contribution in [3.05, 3.63) is 53.6 Å². The van der Waals surface area contributed by atoms with Crippen molar-refractivity contribution in [3.8, 4) is 17.2 Å². The maximum atomic E-state index is 12.1. The van der Waals surface area contributed by atoms with Crippen LogP contribution in [0.3, 0.4) is 0 Å². The standard InChI is InChI=1S/C18H18F3NO5/c1-25-15-8-5-12(9-16(15)26-2)14(23)10-22-17(24)11-3-6-13(7-4-11)27-18(19,20)21/h3-9,14,23H,10H2,1-2H3,(H,22,24). The molecule has 0 aliphatic heterocycles. The van der Waals surface area contributed by atoms with Crippen LogP contribution in [-0.4, -0.2) is 38.1 Å². The summed E-state index contributed by atoms with van der Waals surface area (Å²) in [5.41, 5.74) is 0.630. The van der Waals surface area contributed by atoms with Gasteiger partial charge in [-0.2, -0.15) is 0 Å². The summed E-state index contributed by atoms with van der Waals surface area (Å²) < 4.78 is 50.4. The van der Waals surface area contributed by atoms with Gasteiger partial charge in [0.25, 0.3) is 5.91 Å². The summed E-state index contributed by atoms with van der Waals surface area (Å²) in [4.78, 5) is 12.1. The summed E-state index contributed by atoms with van der Waals surface area (Å²) in [7, 11) is 2.95. The molecule has 6 nitrogen and oxygen atoms in total. The minimum atomic E-state index is -4.80. The second kappa shape index (κ2) is 8.63. The van der Waals surface area contributed by atoms with Crippen LogP contribution in [-0.2, 0) is 0 Å². The van der Waals surface area contributed by atoms with E-state index in [4.69, 9.17) is 9.47 Å². The van der Waals surface area contributed by atoms with Crippen molar-refractivity contribution in [3.63, 3.8) is 0 Å². The first-order valence-corrected chi connectivity index (χ1v) is 7.77. The van der Waals surface area contributed by atoms with Gasteiger partial charge < -0.3 is 24.6 Å². The van der Waals surface area contributed by atoms with Gasteiger partial charge >= 0.3 is 6.36 Å². The smallest absolute Gasteiger partial charge is 0.493 e. The zero-order chi connectivity index (χ0) is 20.0. The van der Waals surface area contributed by atoms with Crippen LogP contribution in [0.25, 0.3) is 0 Å². The number of rotatable bonds is 7. The number of benzene rings is 2. The summed E-state index contributed by atoms with van der Waals surface area (Å²) >= 11 is 0. The van der Waals surface area contributed by atoms with Gasteiger partial charge in [0.15, 0.2) is 11.5 Å². The van der Waals surface area contributed by atoms with E-state index in [1.807, 2.05) is 0 Å². The largest absolute Gasteiger partial charge is 0.573 e. The van der Waals surface area contributed by atoms with Crippen LogP contribution in [0.4, 0.5) is 13.2 Å². The highest BCUT2D eigenvalue weighted by atomic mass is 19.4. The predicted octanol–water partition coefficient (Wildman–Crippen LogP) is 3.07. The minimum absolute atomic E-state index is 0.102. The van der Waals surface area contributed by atoms with E-state index in [0.717, 1.165) is 12.1 Å². The second-order valence-electron chi connectivity index (χ2n) is 5.41. The molecule has 9 heteroatoms. The lowest BCUT2D eigenvalue weighted by atomic mass is 10.1. The number of carbonyl (C=O) groups excluding carboxylic acids is 1. The molecule has 0 aromatic heterocycles. The van der Waals surface area contributed by atoms with E-state index >= 15 is 0 Å². The van der Waals surface area contributed by atoms with E-state index < -0.39 is 24.1 Å². The summed E-state index contributed by atoms with van der Waals surface area (Å²) in [6.45, 7) is -0.102. The number of carbonyl (C=O) groups is 1. The van der Waals surface area contributed by atoms with E-state index in [-0.39, 0.29) is 12.1 Å². The number of hydrogen-bond acceptors (Lipinski definition) is 5. The van der Waals surface area contributed by atoms with Crippen molar-refractivity contribution in [2.24, 2.45) is 0 Å². The number of hydrogen-bond donors (Lipinski definition) is 2. The first kappa shape index (κ1) is 20.4. The number of aliphatic hydroxyl groups excluding tert-OH is 1. The van der Waals surface area contributed by atoms with Gasteiger partial charge in [-0.05, 0) is 42.0 Å². The van der Waals surface area contributed by atoms with E-state index in [1.54, 1.807) is 18.2 Å². The van der Waals surface area contributed by atoms with Gasteiger partial charge in [0.05, 0.1) is 20.3 Å². The number of halogens is 3. The van der Waals surface area contributed by atoms with Gasteiger partial charge in [0.1, 0.15) is 5.75 Å². The van der Waals surface area contributed by atoms with Gasteiger partial charge in [0, 0.05) is 12.1 Å². The third-order valence-electron chi connectivity index (χ3n) is 3.60. The van der Waals surface area contributed by atoms with E-state index in [1.165, 1.54) is 26.4 Å². The summed E-state index contributed by atoms with van der Waals surface area (Å²) in [5.74, 6) is -0.0446. The van der Waals surface area contributed by atoms with Crippen LogP contribution in [0.5, 0.6) is 17.2 Å². The Morgan fingerprint density at radius 2 is 1.70 bits per heavy atom. The number of ether oxygens (including phenoxy) is 3. The van der Waals surface area contributed by atoms with Crippen LogP contribution in [0.2, 0.25) is 0 Å². The molecule has 0 saturated carbocycles. The number of alkyl halides is 3. The van der Waals surface area contributed by atoms with Gasteiger partial charge in [-0.3, -0.25) is 4.79 Å². The Morgan fingerprint density at radius 3 is 2.26 bits per heavy atom. The molecular weight excluding hydrogens is 367 g/mol. The first-order chi connectivity index (χ1) is 12.7. The first-order valence-electron chi connectivity index (χ1n) is 7.77. The number of nitrogens with one attached hydrogen (secondary N) is 1. The SMILES string of the molecule is COc1ccc(C(O)CNC(=O)c2ccc(OC(F)(F)F)cc2)cc1OC. The van der Waals surface area contributed by atoms with Crippen LogP contribution in [0.15, 0.2) is 42.5 Å². The van der Waals surface area contributed by atoms with Crippen molar-refractivity contribution in [1.82, 2.24) is 5.32 Å². The monoisotopic (exact) mass is 385 g/mol. The molecule has 146 valence electrons. The molecule has 0 aliphatic carbocycles. The van der Waals surface area contributed by atoms with Crippen molar-refractivity contribution in [2.45, 2.75) is 12.5 Å². The normalized spacial score (nSPS) is 12.2. The molecule has 0 radical (unpaired) electrons. The highest BCUT2D eigenvalue weighted by molar-refractivity contribution is 5.94. The molecule has 1 atom stereocenters. The van der Waals surface area contributed by atoms with E-state index in [9.17, 15) is 23.1 Å². The molecule has 1 unspecified atom stereocenters. The second-order valence-corrected chi connectivity index (χ2v) is 5.41. The van der Waals surface area contributed by atoms with Crippen molar-refractivity contribution >= 4 is 5.91 Å². The molecular formula is C18H18F3NO5. The van der Waals surface area contributed by atoms with Crippen molar-refractivity contribution < 1.29 is 37.3 Å². The minimum Gasteiger partial charge on any atom is -0.493 e. The van der Waals surface area contributed by atoms with Gasteiger partial charge in [0.2, 0.25) is 0 Å². The Balaban J connectivity index is 1.96. The Hall–Kier alpha value is -2.94. The average molecular weight is 385 g/mol. The molecule has 0 heterocycles. The number of aliphatic hydroxyl groups is 1. The third kappa shape index (κ3) is 5.78. The molecule has 2 aromatic rings. The van der Waals surface area contributed by atoms with Crippen molar-refractivity contribution in [1.29, 1.82) is 0 Å². The average Bonchev–Trinajstić information content (AvgIpc) is 2.64. The Bertz CT molecular complexity index is 778. The fourth-order valence-corrected chi connectivity index (χ4v) is 2.28. The molecule has 27 heavy (non-hydrogen) atoms. The fraction of sp³-hybridized carbons (Fsp3) is 0.278. The summed E-state index contributed by atoms with van der Waals surface area (Å²) in [5, 5.41) is 12.7. The molecule has 0 fully saturated rings. The molecule has 1 amide bonds. The quantitative estimate of drug-likeness (QED) is 0.766. The highest BCUT2D eigenvalue weighted by Crippen LogP contribution is 2.29. The maximum Gasteiger partial charge on any atom is 0.573 e. The molecule has 0 saturated heterocycles. The van der Waals surface area contributed by atoms with E-state index in [0.29, 0.717) is 17.1 Å². The zero-order valence-corrected chi connectivity index (χ0v) is 14.5. The Labute approximate surface area is 153 Å². The lowest BCUT2D eigenvalue weighted by Crippen LogP contribution is -2.28. The lowest BCUT2D eigenvalue weighted by molar-refractivity contribution is -0.274. The fourth-order valence-electron chi connectivity index (χ4n) is 2.28. The molecule has 0 bridgehead atoms. The summed E-state index contributed by atoms with van der Waals surface area (Å²) in [6, 6.07) is 9.29. The topological polar surface area (TPSA) is 77.0 Å². The van der Waals surface area contributed by atoms with Crippen LogP contribution in [0, 0.1) is 0 Å². The Morgan fingerprint density at radius 1 is 1.07 bits per heavy atom. The van der Waals surface area contributed by atoms with Crippen LogP contribution >= 0.6 is 0 Å². The molecule has 0 aliphatic rings. The lowest BCUT2D eigenvalue weighted by Gasteiger charge is -2.15.